The van der Waals surface area contributed by atoms with E-state index in [1.54, 1.807) is 6.08 Å². The van der Waals surface area contributed by atoms with Gasteiger partial charge in [0.05, 0.1) is 25.4 Å². The van der Waals surface area contributed by atoms with Gasteiger partial charge in [-0.05, 0) is 83.5 Å². The third kappa shape index (κ3) is 38.9. The van der Waals surface area contributed by atoms with Gasteiger partial charge in [0, 0.05) is 6.42 Å². The molecule has 0 aromatic carbocycles. The van der Waals surface area contributed by atoms with Crippen molar-refractivity contribution < 1.29 is 49.3 Å². The molecule has 11 heteroatoms. The van der Waals surface area contributed by atoms with Gasteiger partial charge in [-0.1, -0.05) is 238 Å². The zero-order valence-electron chi connectivity index (χ0n) is 46.6. The van der Waals surface area contributed by atoms with Gasteiger partial charge in [0.15, 0.2) is 12.4 Å². The molecule has 0 aromatic rings. The molecular weight excluding hydrogens is 943 g/mol. The molecule has 1 rings (SSSR count). The van der Waals surface area contributed by atoms with E-state index in [9.17, 15) is 35.1 Å². The van der Waals surface area contributed by atoms with Crippen LogP contribution in [-0.2, 0) is 23.8 Å². The fourth-order valence-corrected chi connectivity index (χ4v) is 8.08. The van der Waals surface area contributed by atoms with Crippen LogP contribution in [0.1, 0.15) is 194 Å². The summed E-state index contributed by atoms with van der Waals surface area (Å²) in [5.41, 5.74) is 0. The van der Waals surface area contributed by atoms with Crippen LogP contribution >= 0.6 is 0 Å². The highest BCUT2D eigenvalue weighted by atomic mass is 16.7. The molecule has 1 heterocycles. The molecule has 424 valence electrons. The van der Waals surface area contributed by atoms with E-state index in [1.807, 2.05) is 79.0 Å². The van der Waals surface area contributed by atoms with E-state index in [4.69, 9.17) is 14.2 Å². The summed E-state index contributed by atoms with van der Waals surface area (Å²) < 4.78 is 17.5. The zero-order valence-corrected chi connectivity index (χ0v) is 46.6. The number of amides is 1. The van der Waals surface area contributed by atoms with Crippen LogP contribution in [0.3, 0.4) is 0 Å². The topological polar surface area (TPSA) is 175 Å². The largest absolute Gasteiger partial charge is 0.454 e. The van der Waals surface area contributed by atoms with Crippen molar-refractivity contribution in [2.24, 2.45) is 0 Å². The summed E-state index contributed by atoms with van der Waals surface area (Å²) in [5.74, 6) is -1.31. The van der Waals surface area contributed by atoms with Gasteiger partial charge >= 0.3 is 5.97 Å². The van der Waals surface area contributed by atoms with Crippen LogP contribution in [0.15, 0.2) is 134 Å². The van der Waals surface area contributed by atoms with Crippen LogP contribution in [0.2, 0.25) is 0 Å². The third-order valence-corrected chi connectivity index (χ3v) is 12.7. The fourth-order valence-electron chi connectivity index (χ4n) is 8.08. The first kappa shape index (κ1) is 68.8. The number of aliphatic hydroxyl groups is 5. The molecule has 1 aliphatic rings. The average molecular weight is 1050 g/mol. The molecule has 0 aliphatic carbocycles. The minimum Gasteiger partial charge on any atom is -0.454 e. The van der Waals surface area contributed by atoms with Crippen molar-refractivity contribution in [3.63, 3.8) is 0 Å². The summed E-state index contributed by atoms with van der Waals surface area (Å²) in [7, 11) is 0. The molecule has 0 saturated carbocycles. The summed E-state index contributed by atoms with van der Waals surface area (Å²) in [5, 5.41) is 56.8. The lowest BCUT2D eigenvalue weighted by Crippen LogP contribution is -2.61. The van der Waals surface area contributed by atoms with E-state index in [-0.39, 0.29) is 19.4 Å². The van der Waals surface area contributed by atoms with Gasteiger partial charge in [-0.15, -0.1) is 0 Å². The normalized spacial score (nSPS) is 20.2. The molecule has 11 nitrogen and oxygen atoms in total. The molecule has 0 radical (unpaired) electrons. The minimum atomic E-state index is -1.65. The van der Waals surface area contributed by atoms with Gasteiger partial charge < -0.3 is 45.1 Å². The number of hydrogen-bond donors (Lipinski definition) is 6. The minimum absolute atomic E-state index is 0.0573. The van der Waals surface area contributed by atoms with E-state index in [1.165, 1.54) is 70.6 Å². The molecule has 1 saturated heterocycles. The molecule has 8 unspecified atom stereocenters. The van der Waals surface area contributed by atoms with Gasteiger partial charge in [-0.25, -0.2) is 0 Å². The van der Waals surface area contributed by atoms with Gasteiger partial charge in [-0.3, -0.25) is 9.59 Å². The molecule has 0 spiro atoms. The Hall–Kier alpha value is -4.20. The summed E-state index contributed by atoms with van der Waals surface area (Å²) >= 11 is 0. The Morgan fingerprint density at radius 1 is 0.547 bits per heavy atom. The Bertz CT molecular complexity index is 1720. The Kier molecular flexibility index (Phi) is 46.4. The molecule has 1 fully saturated rings. The number of allylic oxidation sites excluding steroid dienone is 21. The van der Waals surface area contributed by atoms with E-state index >= 15 is 0 Å². The first-order valence-corrected chi connectivity index (χ1v) is 29.0. The van der Waals surface area contributed by atoms with Crippen molar-refractivity contribution in [3.8, 4) is 0 Å². The lowest BCUT2D eigenvalue weighted by molar-refractivity contribution is -0.305. The first-order valence-electron chi connectivity index (χ1n) is 29.0. The highest BCUT2D eigenvalue weighted by molar-refractivity contribution is 5.80. The van der Waals surface area contributed by atoms with E-state index < -0.39 is 67.4 Å². The second kappa shape index (κ2) is 50.6. The van der Waals surface area contributed by atoms with Crippen molar-refractivity contribution in [2.75, 3.05) is 13.2 Å². The Morgan fingerprint density at radius 3 is 1.59 bits per heavy atom. The number of hydrogen-bond acceptors (Lipinski definition) is 10. The molecule has 75 heavy (non-hydrogen) atoms. The molecule has 6 N–H and O–H groups in total. The van der Waals surface area contributed by atoms with Crippen LogP contribution in [-0.4, -0.2) is 99.6 Å². The number of rotatable bonds is 46. The van der Waals surface area contributed by atoms with E-state index in [0.717, 1.165) is 77.0 Å². The lowest BCUT2D eigenvalue weighted by Gasteiger charge is -2.41. The maximum absolute atomic E-state index is 13.4. The third-order valence-electron chi connectivity index (χ3n) is 12.7. The summed E-state index contributed by atoms with van der Waals surface area (Å²) in [4.78, 5) is 26.5. The standard InChI is InChI=1S/C64H103NO10/c1-4-7-10-13-16-19-22-25-27-29-31-34-37-40-43-46-49-52-59(69)75-62-61(71)60(70)58(53-66)74-64(62)73-54-55(56(67)50-47-44-41-38-35-32-24-21-18-15-12-9-6-3)65-63(72)57(68)51-48-45-42-39-36-33-30-28-26-23-20-17-14-11-8-5-2/h7,10,13,16-17,19-20,22,25-29,31,33-34,36-37,42,45,47,50,55-58,60-62,64,66-68,70-71H,4-6,8-9,11-12,14-15,18,21,23-24,30,32,35,38-41,43-44,46,48-49,51-54H2,1-3H3,(H,65,72)/b10-7-,16-13+,20-17-,22-19+,27-25-,28-26-,31-29+,36-33-,37-34+,45-42-,50-47+. The van der Waals surface area contributed by atoms with E-state index in [2.05, 4.69) is 74.7 Å². The van der Waals surface area contributed by atoms with Crippen LogP contribution in [0, 0.1) is 0 Å². The van der Waals surface area contributed by atoms with Crippen LogP contribution in [0.5, 0.6) is 0 Å². The lowest BCUT2D eigenvalue weighted by atomic mass is 9.99. The molecule has 1 aliphatic heterocycles. The number of nitrogens with one attached hydrogen (secondary N) is 1. The quantitative estimate of drug-likeness (QED) is 0.0149. The summed E-state index contributed by atoms with van der Waals surface area (Å²) in [6.45, 7) is 5.53. The highest BCUT2D eigenvalue weighted by Crippen LogP contribution is 2.26. The Morgan fingerprint density at radius 2 is 1.01 bits per heavy atom. The smallest absolute Gasteiger partial charge is 0.306 e. The van der Waals surface area contributed by atoms with Gasteiger partial charge in [0.25, 0.3) is 0 Å². The SMILES string of the molecule is CC\C=C/C=C/C=C/C=C\C=C\C=C\CCCCCC(=O)OC1C(OCC(NC(=O)C(O)CC/C=C\C/C=C\C/C=C\C/C=C\CCCCC)C(O)/C=C/CCCCCCCCCCCCC)OC(CO)C(O)C1O. The predicted octanol–water partition coefficient (Wildman–Crippen LogP) is 13.3. The Labute approximate surface area is 454 Å². The number of unbranched alkanes of at least 4 members (excludes halogenated alkanes) is 17. The predicted molar refractivity (Wildman–Crippen MR) is 310 cm³/mol. The molecule has 1 amide bonds. The second-order valence-electron chi connectivity index (χ2n) is 19.4. The maximum Gasteiger partial charge on any atom is 0.306 e. The fraction of sp³-hybridized carbons (Fsp3) is 0.625. The number of ether oxygens (including phenoxy) is 3. The van der Waals surface area contributed by atoms with Crippen LogP contribution in [0.4, 0.5) is 0 Å². The number of aliphatic hydroxyl groups excluding tert-OH is 5. The van der Waals surface area contributed by atoms with Crippen molar-refractivity contribution in [2.45, 2.75) is 243 Å². The monoisotopic (exact) mass is 1050 g/mol. The van der Waals surface area contributed by atoms with E-state index in [0.29, 0.717) is 12.8 Å². The van der Waals surface area contributed by atoms with Crippen molar-refractivity contribution in [1.82, 2.24) is 5.32 Å². The zero-order chi connectivity index (χ0) is 54.7. The maximum atomic E-state index is 13.4. The van der Waals surface area contributed by atoms with Gasteiger partial charge in [0.1, 0.15) is 24.4 Å². The van der Waals surface area contributed by atoms with Crippen LogP contribution < -0.4 is 5.32 Å². The van der Waals surface area contributed by atoms with Gasteiger partial charge in [-0.2, -0.15) is 0 Å². The van der Waals surface area contributed by atoms with Crippen molar-refractivity contribution in [3.05, 3.63) is 134 Å². The molecule has 0 bridgehead atoms. The van der Waals surface area contributed by atoms with Gasteiger partial charge in [0.2, 0.25) is 5.91 Å². The highest BCUT2D eigenvalue weighted by Gasteiger charge is 2.47. The first-order chi connectivity index (χ1) is 36.7. The van der Waals surface area contributed by atoms with Crippen LogP contribution in [0.25, 0.3) is 0 Å². The average Bonchev–Trinajstić information content (AvgIpc) is 3.41. The summed E-state index contributed by atoms with van der Waals surface area (Å²) in [6.07, 6.45) is 60.6. The number of carbonyl (C=O) groups is 2. The molecule has 0 aromatic heterocycles. The summed E-state index contributed by atoms with van der Waals surface area (Å²) in [6, 6.07) is -1.07. The Balaban J connectivity index is 2.83. The number of esters is 1. The second-order valence-corrected chi connectivity index (χ2v) is 19.4. The molecular formula is C64H103NO10. The number of carbonyl (C=O) groups excluding carboxylic acids is 2. The van der Waals surface area contributed by atoms with Crippen molar-refractivity contribution in [1.29, 1.82) is 0 Å². The molecule has 8 atom stereocenters. The van der Waals surface area contributed by atoms with Crippen molar-refractivity contribution >= 4 is 11.9 Å².